The van der Waals surface area contributed by atoms with Crippen LogP contribution in [0, 0.1) is 5.41 Å². The molecule has 0 aliphatic rings. The lowest BCUT2D eigenvalue weighted by atomic mass is 9.83. The van der Waals surface area contributed by atoms with Gasteiger partial charge in [-0.15, -0.1) is 0 Å². The van der Waals surface area contributed by atoms with E-state index in [0.717, 1.165) is 12.8 Å². The lowest BCUT2D eigenvalue weighted by molar-refractivity contribution is 0.0851. The number of aliphatic hydroxyl groups excluding tert-OH is 1. The monoisotopic (exact) mass is 302 g/mol. The molecule has 0 aliphatic heterocycles. The van der Waals surface area contributed by atoms with Crippen molar-refractivity contribution < 1.29 is 9.90 Å². The molecule has 0 saturated carbocycles. The van der Waals surface area contributed by atoms with Crippen LogP contribution < -0.4 is 5.32 Å². The molecule has 0 spiro atoms. The number of imidazole rings is 1. The summed E-state index contributed by atoms with van der Waals surface area (Å²) in [7, 11) is 0. The predicted octanol–water partition coefficient (Wildman–Crippen LogP) is 1.80. The van der Waals surface area contributed by atoms with Crippen LogP contribution in [0.2, 0.25) is 0 Å². The largest absolute Gasteiger partial charge is 0.396 e. The molecule has 0 saturated heterocycles. The standard InChI is InChI=1S/C16H22N4O2/c1-3-16(4-2,11-21)10-19-15(22)13-5-6-18-14(9-13)20-8-7-17-12-20/h5-9,12,21H,3-4,10-11H2,1-2H3,(H,19,22). The molecule has 2 heterocycles. The van der Waals surface area contributed by atoms with E-state index < -0.39 is 0 Å². The Morgan fingerprint density at radius 1 is 1.36 bits per heavy atom. The molecule has 6 heteroatoms. The van der Waals surface area contributed by atoms with E-state index in [1.165, 1.54) is 0 Å². The van der Waals surface area contributed by atoms with E-state index in [4.69, 9.17) is 0 Å². The fraction of sp³-hybridized carbons (Fsp3) is 0.438. The van der Waals surface area contributed by atoms with Gasteiger partial charge in [0, 0.05) is 36.1 Å². The molecule has 0 atom stereocenters. The highest BCUT2D eigenvalue weighted by Crippen LogP contribution is 2.24. The Morgan fingerprint density at radius 2 is 2.14 bits per heavy atom. The second-order valence-electron chi connectivity index (χ2n) is 5.42. The van der Waals surface area contributed by atoms with Gasteiger partial charge in [-0.05, 0) is 25.0 Å². The van der Waals surface area contributed by atoms with Gasteiger partial charge in [-0.3, -0.25) is 9.36 Å². The van der Waals surface area contributed by atoms with Gasteiger partial charge in [0.1, 0.15) is 12.1 Å². The normalized spacial score (nSPS) is 11.4. The minimum atomic E-state index is -0.254. The average molecular weight is 302 g/mol. The van der Waals surface area contributed by atoms with Crippen LogP contribution in [-0.2, 0) is 0 Å². The molecular weight excluding hydrogens is 280 g/mol. The molecule has 1 amide bonds. The zero-order chi connectivity index (χ0) is 16.0. The first kappa shape index (κ1) is 16.2. The quantitative estimate of drug-likeness (QED) is 0.817. The number of nitrogens with zero attached hydrogens (tertiary/aromatic N) is 3. The molecular formula is C16H22N4O2. The molecule has 6 nitrogen and oxygen atoms in total. The summed E-state index contributed by atoms with van der Waals surface area (Å²) in [5.74, 6) is 0.480. The third kappa shape index (κ3) is 3.51. The summed E-state index contributed by atoms with van der Waals surface area (Å²) in [5.41, 5.74) is 0.285. The molecule has 0 radical (unpaired) electrons. The number of aromatic nitrogens is 3. The lowest BCUT2D eigenvalue weighted by Gasteiger charge is -2.29. The molecule has 2 N–H and O–H groups in total. The summed E-state index contributed by atoms with van der Waals surface area (Å²) in [6.07, 6.45) is 8.30. The van der Waals surface area contributed by atoms with E-state index in [0.29, 0.717) is 17.9 Å². The predicted molar refractivity (Wildman–Crippen MR) is 83.8 cm³/mol. The molecule has 118 valence electrons. The van der Waals surface area contributed by atoms with E-state index in [1.54, 1.807) is 41.6 Å². The van der Waals surface area contributed by atoms with Gasteiger partial charge >= 0.3 is 0 Å². The fourth-order valence-corrected chi connectivity index (χ4v) is 2.24. The van der Waals surface area contributed by atoms with Crippen LogP contribution in [0.4, 0.5) is 0 Å². The summed E-state index contributed by atoms with van der Waals surface area (Å²) in [6.45, 7) is 4.57. The zero-order valence-corrected chi connectivity index (χ0v) is 13.0. The first-order chi connectivity index (χ1) is 10.6. The summed E-state index contributed by atoms with van der Waals surface area (Å²) in [6, 6.07) is 3.39. The van der Waals surface area contributed by atoms with E-state index in [9.17, 15) is 9.90 Å². The zero-order valence-electron chi connectivity index (χ0n) is 13.0. The molecule has 0 bridgehead atoms. The summed E-state index contributed by atoms with van der Waals surface area (Å²) in [4.78, 5) is 20.5. The van der Waals surface area contributed by atoms with E-state index in [1.807, 2.05) is 13.8 Å². The third-order valence-corrected chi connectivity index (χ3v) is 4.24. The summed E-state index contributed by atoms with van der Waals surface area (Å²) >= 11 is 0. The number of rotatable bonds is 7. The Bertz CT molecular complexity index is 598. The van der Waals surface area contributed by atoms with Gasteiger partial charge in [0.2, 0.25) is 0 Å². The molecule has 2 aromatic rings. The SMILES string of the molecule is CCC(CC)(CO)CNC(=O)c1ccnc(-n2ccnc2)c1. The number of carbonyl (C=O) groups excluding carboxylic acids is 1. The Kier molecular flexibility index (Phi) is 5.27. The van der Waals surface area contributed by atoms with E-state index in [2.05, 4.69) is 15.3 Å². The maximum Gasteiger partial charge on any atom is 0.251 e. The van der Waals surface area contributed by atoms with Crippen LogP contribution >= 0.6 is 0 Å². The maximum absolute atomic E-state index is 12.3. The van der Waals surface area contributed by atoms with Crippen LogP contribution in [0.25, 0.3) is 5.82 Å². The van der Waals surface area contributed by atoms with Gasteiger partial charge in [0.15, 0.2) is 0 Å². The Morgan fingerprint density at radius 3 is 2.73 bits per heavy atom. The number of aliphatic hydroxyl groups is 1. The van der Waals surface area contributed by atoms with Crippen molar-refractivity contribution in [3.63, 3.8) is 0 Å². The fourth-order valence-electron chi connectivity index (χ4n) is 2.24. The molecule has 22 heavy (non-hydrogen) atoms. The highest BCUT2D eigenvalue weighted by atomic mass is 16.3. The minimum Gasteiger partial charge on any atom is -0.396 e. The van der Waals surface area contributed by atoms with Crippen molar-refractivity contribution in [2.45, 2.75) is 26.7 Å². The van der Waals surface area contributed by atoms with Crippen molar-refractivity contribution in [1.82, 2.24) is 19.9 Å². The maximum atomic E-state index is 12.3. The Hall–Kier alpha value is -2.21. The van der Waals surface area contributed by atoms with Crippen LogP contribution in [0.15, 0.2) is 37.1 Å². The van der Waals surface area contributed by atoms with Gasteiger partial charge in [0.05, 0.1) is 6.61 Å². The molecule has 0 aliphatic carbocycles. The van der Waals surface area contributed by atoms with E-state index >= 15 is 0 Å². The second kappa shape index (κ2) is 7.17. The lowest BCUT2D eigenvalue weighted by Crippen LogP contribution is -2.39. The number of amides is 1. The van der Waals surface area contributed by atoms with Crippen molar-refractivity contribution in [3.05, 3.63) is 42.6 Å². The topological polar surface area (TPSA) is 80.0 Å². The number of nitrogens with one attached hydrogen (secondary N) is 1. The highest BCUT2D eigenvalue weighted by Gasteiger charge is 2.26. The molecule has 0 aromatic carbocycles. The third-order valence-electron chi connectivity index (χ3n) is 4.24. The number of carbonyl (C=O) groups is 1. The molecule has 0 fully saturated rings. The summed E-state index contributed by atoms with van der Waals surface area (Å²) < 4.78 is 1.74. The van der Waals surface area contributed by atoms with Crippen LogP contribution in [0.3, 0.4) is 0 Å². The number of hydrogen-bond donors (Lipinski definition) is 2. The number of pyridine rings is 1. The smallest absolute Gasteiger partial charge is 0.251 e. The van der Waals surface area contributed by atoms with Gasteiger partial charge in [0.25, 0.3) is 5.91 Å². The van der Waals surface area contributed by atoms with E-state index in [-0.39, 0.29) is 17.9 Å². The second-order valence-corrected chi connectivity index (χ2v) is 5.42. The van der Waals surface area contributed by atoms with Crippen LogP contribution in [0.5, 0.6) is 0 Å². The van der Waals surface area contributed by atoms with Gasteiger partial charge in [-0.1, -0.05) is 13.8 Å². The van der Waals surface area contributed by atoms with Crippen molar-refractivity contribution in [2.24, 2.45) is 5.41 Å². The van der Waals surface area contributed by atoms with Gasteiger partial charge < -0.3 is 10.4 Å². The van der Waals surface area contributed by atoms with Crippen molar-refractivity contribution in [2.75, 3.05) is 13.2 Å². The Labute approximate surface area is 130 Å². The summed E-state index contributed by atoms with van der Waals surface area (Å²) in [5, 5.41) is 12.5. The minimum absolute atomic E-state index is 0.0664. The van der Waals surface area contributed by atoms with Gasteiger partial charge in [-0.2, -0.15) is 0 Å². The van der Waals surface area contributed by atoms with Crippen molar-refractivity contribution in [3.8, 4) is 5.82 Å². The molecule has 0 unspecified atom stereocenters. The van der Waals surface area contributed by atoms with Crippen molar-refractivity contribution in [1.29, 1.82) is 0 Å². The van der Waals surface area contributed by atoms with Crippen molar-refractivity contribution >= 4 is 5.91 Å². The van der Waals surface area contributed by atoms with Crippen LogP contribution in [0.1, 0.15) is 37.0 Å². The Balaban J connectivity index is 2.09. The first-order valence-corrected chi connectivity index (χ1v) is 7.47. The highest BCUT2D eigenvalue weighted by molar-refractivity contribution is 5.94. The van der Waals surface area contributed by atoms with Crippen LogP contribution in [-0.4, -0.2) is 38.7 Å². The average Bonchev–Trinajstić information content (AvgIpc) is 3.11. The molecule has 2 rings (SSSR count). The van der Waals surface area contributed by atoms with Gasteiger partial charge in [-0.25, -0.2) is 9.97 Å². The first-order valence-electron chi connectivity index (χ1n) is 7.47. The molecule has 2 aromatic heterocycles. The number of hydrogen-bond acceptors (Lipinski definition) is 4.